The number of hydrogen-bond acceptors (Lipinski definition) is 18. The van der Waals surface area contributed by atoms with Crippen LogP contribution in [0, 0.1) is 46.7 Å². The number of nitrogens with two attached hydrogens (primary N) is 1. The van der Waals surface area contributed by atoms with Crippen LogP contribution in [0.25, 0.3) is 0 Å². The number of nitrogens with zero attached hydrogens (tertiary/aromatic N) is 4. The molecule has 0 saturated carbocycles. The number of nitrogens with one attached hydrogen (secondary N) is 3. The topological polar surface area (TPSA) is 303 Å². The fourth-order valence-corrected chi connectivity index (χ4v) is 14.9. The third-order valence-corrected chi connectivity index (χ3v) is 20.9. The number of rotatable bonds is 27. The largest absolute Gasteiger partial charge is 0.445 e. The molecule has 0 unspecified atom stereocenters. The van der Waals surface area contributed by atoms with Crippen LogP contribution < -0.4 is 21.7 Å². The number of aliphatic hydroxyl groups is 3. The maximum absolute atomic E-state index is 14.2. The van der Waals surface area contributed by atoms with Gasteiger partial charge in [-0.15, -0.1) is 0 Å². The summed E-state index contributed by atoms with van der Waals surface area (Å²) in [4.78, 5) is 84.0. The number of carbonyl (C=O) groups excluding carboxylic acids is 6. The molecule has 5 aliphatic heterocycles. The Balaban J connectivity index is 0.000000195. The van der Waals surface area contributed by atoms with Crippen molar-refractivity contribution in [2.24, 2.45) is 17.6 Å². The van der Waals surface area contributed by atoms with Crippen molar-refractivity contribution in [2.75, 3.05) is 45.8 Å². The predicted octanol–water partition coefficient (Wildman–Crippen LogP) is 12.2. The smallest absolute Gasteiger partial charge is 0.410 e. The number of benzene rings is 7. The van der Waals surface area contributed by atoms with E-state index in [4.69, 9.17) is 38.9 Å². The van der Waals surface area contributed by atoms with Crippen molar-refractivity contribution in [3.8, 4) is 0 Å². The van der Waals surface area contributed by atoms with Crippen LogP contribution in [0.5, 0.6) is 0 Å². The summed E-state index contributed by atoms with van der Waals surface area (Å²) in [5.74, 6) is -6.12. The fourth-order valence-electron chi connectivity index (χ4n) is 14.9. The highest BCUT2D eigenvalue weighted by Crippen LogP contribution is 2.34. The lowest BCUT2D eigenvalue weighted by Gasteiger charge is -2.39. The maximum Gasteiger partial charge on any atom is 0.410 e. The SMILES string of the molecule is CC(C)(C)OC(=O)N1C[C@H](OCc2ccccc2)C[C@@H]1[C@@H](O)[C@@H](N)Cc1cc(F)cc(F)c1.CC(C)(C)OC(=O)N1C[C@H](OCc2ccccc2)C[C@@H]1[C@@H](O)[C@H](Cc1cc(F)cc(F)c1)NC(=O)C1CN(C(=O)OCc2ccccc2)C1.CC(C)(C)OC(=O)N1C[C@H](OCc2ccccc2)C[C@@H]1[C@@H](O)[C@H](Cc1cc(F)cc(F)c1)NC(=O)C1CNC1. The first-order valence-corrected chi connectivity index (χ1v) is 40.7. The molecule has 12 atom stereocenters. The van der Waals surface area contributed by atoms with E-state index in [9.17, 15) is 70.4 Å². The number of hydrogen-bond donors (Lipinski definition) is 7. The van der Waals surface area contributed by atoms with E-state index < -0.39 is 155 Å². The van der Waals surface area contributed by atoms with Gasteiger partial charge in [0, 0.05) is 50.4 Å². The van der Waals surface area contributed by atoms with Gasteiger partial charge >= 0.3 is 24.4 Å². The van der Waals surface area contributed by atoms with Crippen molar-refractivity contribution < 1.29 is 104 Å². The number of ether oxygens (including phenoxy) is 7. The van der Waals surface area contributed by atoms with Crippen LogP contribution in [0.1, 0.15) is 121 Å². The molecule has 121 heavy (non-hydrogen) atoms. The number of halogens is 6. The van der Waals surface area contributed by atoms with Crippen LogP contribution in [0.3, 0.4) is 0 Å². The molecule has 24 nitrogen and oxygen atoms in total. The first-order chi connectivity index (χ1) is 57.3. The molecule has 5 fully saturated rings. The third-order valence-electron chi connectivity index (χ3n) is 20.9. The van der Waals surface area contributed by atoms with Gasteiger partial charge in [0.05, 0.1) is 118 Å². The van der Waals surface area contributed by atoms with E-state index in [1.807, 2.05) is 121 Å². The number of amides is 6. The number of likely N-dealkylation sites (tertiary alicyclic amines) is 4. The Morgan fingerprint density at radius 1 is 0.397 bits per heavy atom. The molecule has 5 saturated heterocycles. The molecule has 5 aliphatic rings. The van der Waals surface area contributed by atoms with Crippen molar-refractivity contribution >= 4 is 36.2 Å². The molecule has 0 aliphatic carbocycles. The summed E-state index contributed by atoms with van der Waals surface area (Å²) >= 11 is 0. The monoisotopic (exact) mass is 1690 g/mol. The van der Waals surface area contributed by atoms with Gasteiger partial charge in [-0.2, -0.15) is 0 Å². The second-order valence-electron chi connectivity index (χ2n) is 34.4. The van der Waals surface area contributed by atoms with Crippen molar-refractivity contribution in [3.05, 3.63) is 250 Å². The molecule has 0 spiro atoms. The average Bonchev–Trinajstić information content (AvgIpc) is 1.74. The maximum atomic E-state index is 14.2. The summed E-state index contributed by atoms with van der Waals surface area (Å²) in [6, 6.07) is 42.1. The van der Waals surface area contributed by atoms with Gasteiger partial charge in [-0.25, -0.2) is 45.5 Å². The lowest BCUT2D eigenvalue weighted by atomic mass is 9.92. The van der Waals surface area contributed by atoms with Crippen LogP contribution in [-0.2, 0) is 88.4 Å². The van der Waals surface area contributed by atoms with Gasteiger partial charge in [-0.05, 0) is 176 Å². The summed E-state index contributed by atoms with van der Waals surface area (Å²) in [5, 5.41) is 43.3. The van der Waals surface area contributed by atoms with Gasteiger partial charge < -0.3 is 75.1 Å². The Morgan fingerprint density at radius 3 is 0.983 bits per heavy atom. The standard InChI is InChI=1S/C37H43F2N3O7.C29H37F2N3O5.C25H32F2N2O4/c1-37(2,3)49-36(46)42-21-30(47-22-24-10-6-4-7-11-24)18-32(42)33(43)31(16-26-14-28(38)17-29(39)15-26)40-34(44)27-19-41(20-27)35(45)48-23-25-12-8-5-9-13-25;1-29(2,3)39-28(37)34-16-23(38-17-18-7-5-4-6-8-18)13-25(34)26(35)24(33-27(36)20-14-32-15-20)11-19-9-21(30)12-22(31)10-19;1-25(2,3)33-24(31)29-14-20(32-15-16-7-5-4-6-8-16)13-22(29)23(30)21(28)11-17-9-18(26)12-19(27)10-17/h4-15,17,27,30-33,43H,16,18-23H2,1-3H3,(H,40,44);4-10,12,20,23-26,32,35H,11,13-17H2,1-3H3,(H,33,36);4-10,12,20-23,30H,11,13-15,28H2,1-3H3/t30-,31+,32-,33+;23-,24+,25-,26+;20-,21+,22-,23+/m111/s1. The Hall–Kier alpha value is -10.2. The molecule has 7 aromatic carbocycles. The highest BCUT2D eigenvalue weighted by atomic mass is 19.2. The van der Waals surface area contributed by atoms with E-state index in [1.54, 1.807) is 62.3 Å². The normalized spacial score (nSPS) is 20.2. The minimum absolute atomic E-state index is 0.0318. The summed E-state index contributed by atoms with van der Waals surface area (Å²) in [6.07, 6.45) is -6.59. The van der Waals surface area contributed by atoms with Gasteiger partial charge in [-0.1, -0.05) is 121 Å². The third kappa shape index (κ3) is 28.7. The summed E-state index contributed by atoms with van der Waals surface area (Å²) in [7, 11) is 0. The Kier molecular flexibility index (Phi) is 32.7. The zero-order chi connectivity index (χ0) is 87.5. The van der Waals surface area contributed by atoms with Crippen molar-refractivity contribution in [3.63, 3.8) is 0 Å². The van der Waals surface area contributed by atoms with E-state index in [-0.39, 0.29) is 101 Å². The van der Waals surface area contributed by atoms with Gasteiger partial charge in [0.2, 0.25) is 11.8 Å². The molecule has 5 heterocycles. The van der Waals surface area contributed by atoms with Crippen molar-refractivity contribution in [1.29, 1.82) is 0 Å². The molecule has 8 N–H and O–H groups in total. The molecule has 12 rings (SSSR count). The van der Waals surface area contributed by atoms with E-state index in [2.05, 4.69) is 16.0 Å². The van der Waals surface area contributed by atoms with E-state index >= 15 is 0 Å². The predicted molar refractivity (Wildman–Crippen MR) is 437 cm³/mol. The van der Waals surface area contributed by atoms with E-state index in [0.717, 1.165) is 52.6 Å². The lowest BCUT2D eigenvalue weighted by Crippen LogP contribution is -2.60. The first kappa shape index (κ1) is 93.1. The summed E-state index contributed by atoms with van der Waals surface area (Å²) in [6.45, 7) is 18.6. The van der Waals surface area contributed by atoms with Gasteiger partial charge in [0.25, 0.3) is 0 Å². The van der Waals surface area contributed by atoms with Gasteiger partial charge in [0.1, 0.15) is 58.3 Å². The minimum Gasteiger partial charge on any atom is -0.445 e. The second kappa shape index (κ2) is 42.6. The molecule has 0 radical (unpaired) electrons. The minimum atomic E-state index is -1.37. The number of aliphatic hydroxyl groups excluding tert-OH is 3. The fraction of sp³-hybridized carbons (Fsp3) is 0.473. The van der Waals surface area contributed by atoms with Crippen molar-refractivity contribution in [2.45, 2.75) is 217 Å². The van der Waals surface area contributed by atoms with Crippen LogP contribution in [0.4, 0.5) is 45.5 Å². The molecule has 6 amide bonds. The van der Waals surface area contributed by atoms with Crippen LogP contribution in [-0.4, -0.2) is 207 Å². The zero-order valence-corrected chi connectivity index (χ0v) is 69.6. The summed E-state index contributed by atoms with van der Waals surface area (Å²) < 4.78 is 124. The van der Waals surface area contributed by atoms with Crippen LogP contribution in [0.2, 0.25) is 0 Å². The Morgan fingerprint density at radius 2 is 0.686 bits per heavy atom. The van der Waals surface area contributed by atoms with Gasteiger partial charge in [-0.3, -0.25) is 24.3 Å². The Labute approximate surface area is 702 Å². The second-order valence-corrected chi connectivity index (χ2v) is 34.4. The van der Waals surface area contributed by atoms with Crippen LogP contribution >= 0.6 is 0 Å². The summed E-state index contributed by atoms with van der Waals surface area (Å²) in [5.41, 5.74) is 8.47. The first-order valence-electron chi connectivity index (χ1n) is 40.7. The number of carbonyl (C=O) groups is 6. The highest BCUT2D eigenvalue weighted by Gasteiger charge is 2.49. The van der Waals surface area contributed by atoms with Crippen molar-refractivity contribution in [1.82, 2.24) is 35.6 Å². The lowest BCUT2D eigenvalue weighted by molar-refractivity contribution is -0.131. The van der Waals surface area contributed by atoms with Crippen LogP contribution in [0.15, 0.2) is 176 Å². The Bertz CT molecular complexity index is 4480. The molecule has 0 bridgehead atoms. The molecule has 0 aromatic heterocycles. The van der Waals surface area contributed by atoms with Gasteiger partial charge in [0.15, 0.2) is 0 Å². The highest BCUT2D eigenvalue weighted by molar-refractivity contribution is 5.83. The molecular formula is C91H112F6N8O16. The zero-order valence-electron chi connectivity index (χ0n) is 69.6. The quantitative estimate of drug-likeness (QED) is 0.0186. The average molecular weight is 1690 g/mol. The van der Waals surface area contributed by atoms with E-state index in [1.165, 1.54) is 43.9 Å². The molecule has 30 heteroatoms. The van der Waals surface area contributed by atoms with E-state index in [0.29, 0.717) is 44.7 Å². The molecule has 7 aromatic rings. The molecule has 654 valence electrons. The molecular weight excluding hydrogens is 1580 g/mol.